The number of hydrogen-bond donors (Lipinski definition) is 4. The van der Waals surface area contributed by atoms with Crippen LogP contribution in [-0.2, 0) is 0 Å². The summed E-state index contributed by atoms with van der Waals surface area (Å²) >= 11 is 0. The van der Waals surface area contributed by atoms with E-state index in [1.165, 1.54) is 0 Å². The minimum absolute atomic E-state index is 0.655. The molecule has 5 rings (SSSR count). The topological polar surface area (TPSA) is 80.9 Å². The fourth-order valence-electron chi connectivity index (χ4n) is 4.24. The van der Waals surface area contributed by atoms with Gasteiger partial charge in [0.25, 0.3) is 0 Å². The van der Waals surface area contributed by atoms with Crippen molar-refractivity contribution >= 4 is 27.6 Å². The van der Waals surface area contributed by atoms with Crippen molar-refractivity contribution in [2.24, 2.45) is 0 Å². The summed E-state index contributed by atoms with van der Waals surface area (Å²) in [6.45, 7) is 0. The van der Waals surface area contributed by atoms with Crippen LogP contribution in [-0.4, -0.2) is 26.5 Å². The van der Waals surface area contributed by atoms with Crippen LogP contribution < -0.4 is 0 Å². The minimum atomic E-state index is -1.02. The molecule has 0 heterocycles. The van der Waals surface area contributed by atoms with Crippen molar-refractivity contribution in [3.63, 3.8) is 0 Å². The molecule has 0 radical (unpaired) electrons. The van der Waals surface area contributed by atoms with Crippen molar-refractivity contribution in [2.75, 3.05) is 0 Å². The Balaban J connectivity index is 2.10. The van der Waals surface area contributed by atoms with E-state index in [2.05, 4.69) is 0 Å². The molecular weight excluding hydrogens is 304 g/mol. The second-order valence-electron chi connectivity index (χ2n) is 6.55. The Morgan fingerprint density at radius 3 is 1.92 bits per heavy atom. The highest BCUT2D eigenvalue weighted by molar-refractivity contribution is 6.16. The van der Waals surface area contributed by atoms with Crippen molar-refractivity contribution in [3.8, 4) is 0 Å². The summed E-state index contributed by atoms with van der Waals surface area (Å²) in [7, 11) is 0. The monoisotopic (exact) mass is 320 g/mol. The van der Waals surface area contributed by atoms with Crippen LogP contribution in [0.5, 0.6) is 0 Å². The van der Waals surface area contributed by atoms with Crippen molar-refractivity contribution in [2.45, 2.75) is 24.4 Å². The van der Waals surface area contributed by atoms with Gasteiger partial charge in [0, 0.05) is 0 Å². The maximum absolute atomic E-state index is 10.6. The summed E-state index contributed by atoms with van der Waals surface area (Å²) in [4.78, 5) is 0. The number of aliphatic hydroxyl groups is 4. The first kappa shape index (κ1) is 14.1. The van der Waals surface area contributed by atoms with Crippen LogP contribution >= 0.6 is 0 Å². The third kappa shape index (κ3) is 1.56. The molecule has 2 aliphatic rings. The van der Waals surface area contributed by atoms with E-state index in [1.54, 1.807) is 12.1 Å². The minimum Gasteiger partial charge on any atom is -0.386 e. The van der Waals surface area contributed by atoms with Crippen molar-refractivity contribution in [1.82, 2.24) is 0 Å². The van der Waals surface area contributed by atoms with Crippen LogP contribution in [0.1, 0.15) is 40.6 Å². The van der Waals surface area contributed by atoms with Gasteiger partial charge in [-0.3, -0.25) is 0 Å². The molecule has 0 bridgehead atoms. The smallest absolute Gasteiger partial charge is 0.110 e. The molecule has 4 heteroatoms. The van der Waals surface area contributed by atoms with Gasteiger partial charge in [-0.15, -0.1) is 0 Å². The van der Waals surface area contributed by atoms with Crippen LogP contribution in [0.3, 0.4) is 0 Å². The lowest BCUT2D eigenvalue weighted by Gasteiger charge is -2.32. The molecule has 3 aromatic rings. The third-order valence-corrected chi connectivity index (χ3v) is 5.33. The third-order valence-electron chi connectivity index (χ3n) is 5.33. The zero-order valence-electron chi connectivity index (χ0n) is 12.7. The van der Waals surface area contributed by atoms with Gasteiger partial charge in [-0.05, 0) is 43.8 Å². The Kier molecular flexibility index (Phi) is 2.74. The maximum Gasteiger partial charge on any atom is 0.110 e. The standard InChI is InChI=1S/C20H16O4/c21-14-8-7-10-9-3-1-5-12-15(9)16-11(17(10)20(14)24)4-2-6-13(16)19(23)18(12)22/h1-8,14,18-24H. The van der Waals surface area contributed by atoms with E-state index in [1.807, 2.05) is 36.4 Å². The van der Waals surface area contributed by atoms with Gasteiger partial charge in [-0.2, -0.15) is 0 Å². The molecule has 4 N–H and O–H groups in total. The number of hydrogen-bond acceptors (Lipinski definition) is 4. The van der Waals surface area contributed by atoms with Gasteiger partial charge in [0.2, 0.25) is 0 Å². The molecule has 0 amide bonds. The summed E-state index contributed by atoms with van der Waals surface area (Å²) < 4.78 is 0. The van der Waals surface area contributed by atoms with Gasteiger partial charge < -0.3 is 20.4 Å². The lowest BCUT2D eigenvalue weighted by molar-refractivity contribution is 0.0178. The summed E-state index contributed by atoms with van der Waals surface area (Å²) in [5.74, 6) is 0. The molecule has 0 saturated carbocycles. The van der Waals surface area contributed by atoms with Gasteiger partial charge in [0.05, 0.1) is 0 Å². The second kappa shape index (κ2) is 4.65. The molecule has 0 saturated heterocycles. The highest BCUT2D eigenvalue weighted by atomic mass is 16.3. The van der Waals surface area contributed by atoms with E-state index in [0.717, 1.165) is 27.1 Å². The first-order valence-corrected chi connectivity index (χ1v) is 8.01. The quantitative estimate of drug-likeness (QED) is 0.480. The first-order chi connectivity index (χ1) is 11.6. The largest absolute Gasteiger partial charge is 0.386 e. The molecule has 0 fully saturated rings. The number of rotatable bonds is 0. The SMILES string of the molecule is OC1C=Cc2c(c3cccc4c3c3c(cccc23)C(O)C4O)C1O. The molecule has 24 heavy (non-hydrogen) atoms. The molecular formula is C20H16O4. The maximum atomic E-state index is 10.6. The summed E-state index contributed by atoms with van der Waals surface area (Å²) in [6, 6.07) is 11.1. The summed E-state index contributed by atoms with van der Waals surface area (Å²) in [5.41, 5.74) is 2.89. The van der Waals surface area contributed by atoms with E-state index < -0.39 is 24.4 Å². The normalized spacial score (nSPS) is 27.8. The molecule has 3 aromatic carbocycles. The Morgan fingerprint density at radius 2 is 1.25 bits per heavy atom. The van der Waals surface area contributed by atoms with Crippen molar-refractivity contribution in [3.05, 3.63) is 64.7 Å². The molecule has 4 unspecified atom stereocenters. The van der Waals surface area contributed by atoms with E-state index in [0.29, 0.717) is 16.7 Å². The average Bonchev–Trinajstić information content (AvgIpc) is 2.61. The Bertz CT molecular complexity index is 1040. The Morgan fingerprint density at radius 1 is 0.667 bits per heavy atom. The van der Waals surface area contributed by atoms with E-state index in [4.69, 9.17) is 0 Å². The number of fused-ring (bicyclic) bond motifs is 3. The molecule has 0 aliphatic heterocycles. The fourth-order valence-corrected chi connectivity index (χ4v) is 4.24. The van der Waals surface area contributed by atoms with Gasteiger partial charge in [0.15, 0.2) is 0 Å². The van der Waals surface area contributed by atoms with E-state index in [-0.39, 0.29) is 0 Å². The molecule has 120 valence electrons. The van der Waals surface area contributed by atoms with Crippen LogP contribution in [0.25, 0.3) is 27.6 Å². The van der Waals surface area contributed by atoms with Crippen LogP contribution in [0, 0.1) is 0 Å². The van der Waals surface area contributed by atoms with Gasteiger partial charge >= 0.3 is 0 Å². The molecule has 4 nitrogen and oxygen atoms in total. The van der Waals surface area contributed by atoms with Crippen molar-refractivity contribution < 1.29 is 20.4 Å². The second-order valence-corrected chi connectivity index (χ2v) is 6.55. The molecule has 2 aliphatic carbocycles. The lowest BCUT2D eigenvalue weighted by Crippen LogP contribution is -2.22. The molecule has 0 spiro atoms. The Hall–Kier alpha value is -2.24. The van der Waals surface area contributed by atoms with Gasteiger partial charge in [-0.25, -0.2) is 0 Å². The average molecular weight is 320 g/mol. The van der Waals surface area contributed by atoms with E-state index >= 15 is 0 Å². The predicted octanol–water partition coefficient (Wildman–Crippen LogP) is 2.49. The van der Waals surface area contributed by atoms with E-state index in [9.17, 15) is 20.4 Å². The zero-order valence-corrected chi connectivity index (χ0v) is 12.7. The number of aliphatic hydroxyl groups excluding tert-OH is 4. The first-order valence-electron chi connectivity index (χ1n) is 8.01. The Labute approximate surface area is 137 Å². The zero-order chi connectivity index (χ0) is 16.6. The van der Waals surface area contributed by atoms with Crippen LogP contribution in [0.15, 0.2) is 42.5 Å². The van der Waals surface area contributed by atoms with Gasteiger partial charge in [-0.1, -0.05) is 48.6 Å². The summed E-state index contributed by atoms with van der Waals surface area (Å²) in [5, 5.41) is 45.2. The predicted molar refractivity (Wildman–Crippen MR) is 91.4 cm³/mol. The molecule has 4 atom stereocenters. The molecule has 0 aromatic heterocycles. The summed E-state index contributed by atoms with van der Waals surface area (Å²) in [6.07, 6.45) is -0.541. The fraction of sp³-hybridized carbons (Fsp3) is 0.200. The van der Waals surface area contributed by atoms with Gasteiger partial charge in [0.1, 0.15) is 24.4 Å². The highest BCUT2D eigenvalue weighted by Crippen LogP contribution is 2.49. The van der Waals surface area contributed by atoms with Crippen molar-refractivity contribution in [1.29, 1.82) is 0 Å². The van der Waals surface area contributed by atoms with Crippen LogP contribution in [0.4, 0.5) is 0 Å². The lowest BCUT2D eigenvalue weighted by atomic mass is 9.77. The van der Waals surface area contributed by atoms with Crippen LogP contribution in [0.2, 0.25) is 0 Å². The number of benzene rings is 3. The highest BCUT2D eigenvalue weighted by Gasteiger charge is 2.34.